The highest BCUT2D eigenvalue weighted by atomic mass is 16.5. The van der Waals surface area contributed by atoms with Gasteiger partial charge in [-0.25, -0.2) is 9.48 Å². The molecule has 0 fully saturated rings. The van der Waals surface area contributed by atoms with E-state index in [2.05, 4.69) is 5.10 Å². The van der Waals surface area contributed by atoms with Gasteiger partial charge in [-0.3, -0.25) is 9.59 Å². The number of rotatable bonds is 4. The Balaban J connectivity index is 1.60. The summed E-state index contributed by atoms with van der Waals surface area (Å²) in [5.74, 6) is -0.981. The van der Waals surface area contributed by atoms with E-state index in [-0.39, 0.29) is 17.0 Å². The van der Waals surface area contributed by atoms with Crippen LogP contribution in [-0.2, 0) is 24.6 Å². The Bertz CT molecular complexity index is 1160. The largest absolute Gasteiger partial charge is 0.449 e. The van der Waals surface area contributed by atoms with Crippen molar-refractivity contribution < 1.29 is 14.3 Å². The van der Waals surface area contributed by atoms with Gasteiger partial charge in [0.2, 0.25) is 5.78 Å². The molecule has 3 aromatic rings. The summed E-state index contributed by atoms with van der Waals surface area (Å²) < 4.78 is 6.51. The van der Waals surface area contributed by atoms with Gasteiger partial charge in [-0.05, 0) is 49.4 Å². The molecule has 0 aliphatic heterocycles. The molecule has 0 unspecified atom stereocenters. The maximum Gasteiger partial charge on any atom is 0.360 e. The van der Waals surface area contributed by atoms with Crippen molar-refractivity contribution in [1.82, 2.24) is 9.78 Å². The van der Waals surface area contributed by atoms with E-state index in [0.717, 1.165) is 23.9 Å². The molecule has 0 bridgehead atoms. The Kier molecular flexibility index (Phi) is 4.55. The highest BCUT2D eigenvalue weighted by Crippen LogP contribution is 2.24. The average Bonchev–Trinajstić information content (AvgIpc) is 3.17. The average molecular weight is 376 g/mol. The molecule has 2 aromatic carbocycles. The molecule has 142 valence electrons. The topological polar surface area (TPSA) is 78.3 Å². The molecule has 6 heteroatoms. The number of aromatic nitrogens is 2. The van der Waals surface area contributed by atoms with E-state index in [9.17, 15) is 14.4 Å². The van der Waals surface area contributed by atoms with Gasteiger partial charge in [0.05, 0.1) is 5.39 Å². The van der Waals surface area contributed by atoms with E-state index in [1.54, 1.807) is 37.3 Å². The van der Waals surface area contributed by atoms with Crippen LogP contribution in [0, 0.1) is 0 Å². The third-order valence-corrected chi connectivity index (χ3v) is 5.19. The van der Waals surface area contributed by atoms with Gasteiger partial charge in [-0.15, -0.1) is 0 Å². The van der Waals surface area contributed by atoms with Crippen LogP contribution in [-0.4, -0.2) is 27.6 Å². The fraction of sp³-hybridized carbons (Fsp3) is 0.273. The van der Waals surface area contributed by atoms with Crippen molar-refractivity contribution in [2.45, 2.75) is 32.3 Å². The molecule has 1 heterocycles. The lowest BCUT2D eigenvalue weighted by molar-refractivity contribution is 0.0313. The summed E-state index contributed by atoms with van der Waals surface area (Å²) in [5.41, 5.74) is 2.73. The molecule has 1 aromatic heterocycles. The number of benzene rings is 2. The second-order valence-corrected chi connectivity index (χ2v) is 7.07. The van der Waals surface area contributed by atoms with Gasteiger partial charge < -0.3 is 4.74 Å². The smallest absolute Gasteiger partial charge is 0.360 e. The SMILES string of the molecule is C[C@H](OC(=O)c1nn(C)c(=O)c2ccccc12)C(=O)c1ccc2c(c1)CCC2. The molecule has 0 saturated heterocycles. The molecular weight excluding hydrogens is 356 g/mol. The number of esters is 1. The fourth-order valence-corrected chi connectivity index (χ4v) is 3.68. The number of nitrogens with zero attached hydrogens (tertiary/aromatic N) is 2. The lowest BCUT2D eigenvalue weighted by Crippen LogP contribution is -2.28. The molecule has 0 saturated carbocycles. The van der Waals surface area contributed by atoms with Crippen molar-refractivity contribution in [3.05, 3.63) is 75.2 Å². The highest BCUT2D eigenvalue weighted by molar-refractivity contribution is 6.05. The number of ketones is 1. The molecule has 4 rings (SSSR count). The Hall–Kier alpha value is -3.28. The Labute approximate surface area is 161 Å². The van der Waals surface area contributed by atoms with Crippen molar-refractivity contribution in [3.63, 3.8) is 0 Å². The van der Waals surface area contributed by atoms with Gasteiger partial charge in [-0.2, -0.15) is 5.10 Å². The summed E-state index contributed by atoms with van der Waals surface area (Å²) in [6.45, 7) is 1.55. The van der Waals surface area contributed by atoms with Crippen LogP contribution in [0.2, 0.25) is 0 Å². The first-order valence-corrected chi connectivity index (χ1v) is 9.29. The van der Waals surface area contributed by atoms with Crippen LogP contribution in [0.3, 0.4) is 0 Å². The number of ether oxygens (including phenoxy) is 1. The molecule has 6 nitrogen and oxygen atoms in total. The second kappa shape index (κ2) is 7.03. The van der Waals surface area contributed by atoms with E-state index in [4.69, 9.17) is 4.74 Å². The summed E-state index contributed by atoms with van der Waals surface area (Å²) in [6.07, 6.45) is 2.16. The van der Waals surface area contributed by atoms with Crippen LogP contribution in [0.25, 0.3) is 10.8 Å². The van der Waals surface area contributed by atoms with Crippen LogP contribution in [0.1, 0.15) is 45.3 Å². The van der Waals surface area contributed by atoms with Crippen LogP contribution < -0.4 is 5.56 Å². The number of carbonyl (C=O) groups is 2. The minimum Gasteiger partial charge on any atom is -0.449 e. The van der Waals surface area contributed by atoms with E-state index in [0.29, 0.717) is 16.3 Å². The van der Waals surface area contributed by atoms with Gasteiger partial charge in [-0.1, -0.05) is 30.3 Å². The molecule has 28 heavy (non-hydrogen) atoms. The van der Waals surface area contributed by atoms with Gasteiger partial charge in [0.1, 0.15) is 0 Å². The molecule has 1 aliphatic carbocycles. The maximum absolute atomic E-state index is 12.7. The Morgan fingerprint density at radius 3 is 2.57 bits per heavy atom. The van der Waals surface area contributed by atoms with E-state index in [1.807, 2.05) is 12.1 Å². The standard InChI is InChI=1S/C22H20N2O4/c1-13(20(25)16-11-10-14-6-5-7-15(14)12-16)28-22(27)19-17-8-3-4-9-18(17)21(26)24(2)23-19/h3-4,8-13H,5-7H2,1-2H3/t13-/m0/s1. The minimum absolute atomic E-state index is 0.0197. The first-order valence-electron chi connectivity index (χ1n) is 9.29. The highest BCUT2D eigenvalue weighted by Gasteiger charge is 2.24. The van der Waals surface area contributed by atoms with E-state index >= 15 is 0 Å². The summed E-state index contributed by atoms with van der Waals surface area (Å²) in [4.78, 5) is 37.7. The molecule has 0 radical (unpaired) electrons. The van der Waals surface area contributed by atoms with Gasteiger partial charge >= 0.3 is 5.97 Å². The first kappa shape index (κ1) is 18.1. The maximum atomic E-state index is 12.7. The lowest BCUT2D eigenvalue weighted by Gasteiger charge is -2.14. The van der Waals surface area contributed by atoms with Crippen molar-refractivity contribution >= 4 is 22.5 Å². The van der Waals surface area contributed by atoms with Gasteiger partial charge in [0, 0.05) is 18.0 Å². The predicted octanol–water partition coefficient (Wildman–Crippen LogP) is 2.85. The van der Waals surface area contributed by atoms with Crippen LogP contribution in [0.15, 0.2) is 47.3 Å². The Morgan fingerprint density at radius 1 is 1.07 bits per heavy atom. The summed E-state index contributed by atoms with van der Waals surface area (Å²) in [6, 6.07) is 12.4. The predicted molar refractivity (Wildman–Crippen MR) is 105 cm³/mol. The number of aryl methyl sites for hydroxylation is 3. The number of hydrogen-bond donors (Lipinski definition) is 0. The Morgan fingerprint density at radius 2 is 1.79 bits per heavy atom. The monoisotopic (exact) mass is 376 g/mol. The zero-order valence-corrected chi connectivity index (χ0v) is 15.8. The van der Waals surface area contributed by atoms with E-state index in [1.165, 1.54) is 18.2 Å². The van der Waals surface area contributed by atoms with Gasteiger partial charge in [0.25, 0.3) is 5.56 Å². The number of carbonyl (C=O) groups excluding carboxylic acids is 2. The molecule has 0 N–H and O–H groups in total. The van der Waals surface area contributed by atoms with Crippen molar-refractivity contribution in [3.8, 4) is 0 Å². The molecule has 1 aliphatic rings. The van der Waals surface area contributed by atoms with Crippen molar-refractivity contribution in [2.24, 2.45) is 7.05 Å². The summed E-state index contributed by atoms with van der Waals surface area (Å²) >= 11 is 0. The number of fused-ring (bicyclic) bond motifs is 2. The zero-order chi connectivity index (χ0) is 19.8. The number of Topliss-reactive ketones (excluding diaryl/α,β-unsaturated/α-hetero) is 1. The van der Waals surface area contributed by atoms with Crippen LogP contribution in [0.4, 0.5) is 0 Å². The lowest BCUT2D eigenvalue weighted by atomic mass is 10.0. The third-order valence-electron chi connectivity index (χ3n) is 5.19. The second-order valence-electron chi connectivity index (χ2n) is 7.07. The third kappa shape index (κ3) is 3.11. The van der Waals surface area contributed by atoms with Crippen molar-refractivity contribution in [2.75, 3.05) is 0 Å². The number of hydrogen-bond acceptors (Lipinski definition) is 5. The molecular formula is C22H20N2O4. The quantitative estimate of drug-likeness (QED) is 0.517. The van der Waals surface area contributed by atoms with Gasteiger partial charge in [0.15, 0.2) is 11.8 Å². The first-order chi connectivity index (χ1) is 13.5. The summed E-state index contributed by atoms with van der Waals surface area (Å²) in [7, 11) is 1.48. The zero-order valence-electron chi connectivity index (χ0n) is 15.8. The molecule has 0 spiro atoms. The summed E-state index contributed by atoms with van der Waals surface area (Å²) in [5, 5.41) is 4.84. The molecule has 1 atom stereocenters. The molecule has 0 amide bonds. The minimum atomic E-state index is -0.954. The van der Waals surface area contributed by atoms with Crippen LogP contribution >= 0.6 is 0 Å². The van der Waals surface area contributed by atoms with Crippen LogP contribution in [0.5, 0.6) is 0 Å². The van der Waals surface area contributed by atoms with Crippen molar-refractivity contribution in [1.29, 1.82) is 0 Å². The normalized spacial score (nSPS) is 13.9. The fourth-order valence-electron chi connectivity index (χ4n) is 3.68. The van der Waals surface area contributed by atoms with E-state index < -0.39 is 12.1 Å².